The maximum absolute atomic E-state index is 12.9. The minimum atomic E-state index is -3.66. The molecule has 9 nitrogen and oxygen atoms in total. The second-order valence-electron chi connectivity index (χ2n) is 7.07. The largest absolute Gasteiger partial charge is 0.493 e. The molecule has 0 saturated carbocycles. The summed E-state index contributed by atoms with van der Waals surface area (Å²) in [5.41, 5.74) is 0.437. The topological polar surface area (TPSA) is 105 Å². The van der Waals surface area contributed by atoms with Crippen molar-refractivity contribution in [2.75, 3.05) is 45.7 Å². The Morgan fingerprint density at radius 3 is 2.79 bits per heavy atom. The van der Waals surface area contributed by atoms with Crippen LogP contribution in [0.2, 0.25) is 0 Å². The number of hydrogen-bond donors (Lipinski definition) is 1. The summed E-state index contributed by atoms with van der Waals surface area (Å²) in [5, 5.41) is 2.96. The monoisotopic (exact) mass is 425 g/mol. The molecule has 3 rings (SSSR count). The van der Waals surface area contributed by atoms with Crippen LogP contribution >= 0.6 is 0 Å². The standard InChI is InChI=1S/C19H27N3O6S/c1-3-28-17-7-5-4-6-15(17)18(23)20-14-12-16-19(24)22(8-10-27-2)29(25,26)11-9-21(16)13-14/h4-7,14,16H,3,8-13H2,1-2H3,(H,20,23)/t14-,16-/m0/s1. The van der Waals surface area contributed by atoms with E-state index in [0.717, 1.165) is 4.31 Å². The first kappa shape index (κ1) is 21.5. The van der Waals surface area contributed by atoms with Crippen molar-refractivity contribution in [3.63, 3.8) is 0 Å². The van der Waals surface area contributed by atoms with Crippen LogP contribution < -0.4 is 10.1 Å². The molecule has 2 amide bonds. The number of ether oxygens (including phenoxy) is 2. The molecule has 2 heterocycles. The molecule has 2 aliphatic rings. The number of nitrogens with one attached hydrogen (secondary N) is 1. The van der Waals surface area contributed by atoms with Crippen molar-refractivity contribution < 1.29 is 27.5 Å². The molecule has 0 bridgehead atoms. The molecule has 0 aromatic heterocycles. The van der Waals surface area contributed by atoms with E-state index in [2.05, 4.69) is 5.32 Å². The summed E-state index contributed by atoms with van der Waals surface area (Å²) in [6, 6.07) is 6.17. The van der Waals surface area contributed by atoms with Gasteiger partial charge in [0.15, 0.2) is 0 Å². The van der Waals surface area contributed by atoms with E-state index in [1.807, 2.05) is 11.8 Å². The van der Waals surface area contributed by atoms with Crippen molar-refractivity contribution >= 4 is 21.8 Å². The van der Waals surface area contributed by atoms with Crippen molar-refractivity contribution in [3.8, 4) is 5.75 Å². The number of carbonyl (C=O) groups is 2. The van der Waals surface area contributed by atoms with Crippen LogP contribution in [0, 0.1) is 0 Å². The Morgan fingerprint density at radius 2 is 2.07 bits per heavy atom. The van der Waals surface area contributed by atoms with Gasteiger partial charge in [0.25, 0.3) is 11.8 Å². The molecule has 0 aliphatic carbocycles. The Morgan fingerprint density at radius 1 is 1.31 bits per heavy atom. The zero-order valence-electron chi connectivity index (χ0n) is 16.7. The van der Waals surface area contributed by atoms with Gasteiger partial charge >= 0.3 is 0 Å². The first-order valence-corrected chi connectivity index (χ1v) is 11.3. The van der Waals surface area contributed by atoms with Crippen molar-refractivity contribution in [3.05, 3.63) is 29.8 Å². The average molecular weight is 426 g/mol. The van der Waals surface area contributed by atoms with Gasteiger partial charge in [0, 0.05) is 26.2 Å². The van der Waals surface area contributed by atoms with Crippen LogP contribution in [0.3, 0.4) is 0 Å². The third kappa shape index (κ3) is 4.71. The Hall–Kier alpha value is -2.17. The first-order valence-electron chi connectivity index (χ1n) is 9.67. The van der Waals surface area contributed by atoms with E-state index in [-0.39, 0.29) is 37.4 Å². The predicted molar refractivity (Wildman–Crippen MR) is 106 cm³/mol. The summed E-state index contributed by atoms with van der Waals surface area (Å²) >= 11 is 0. The SMILES string of the molecule is CCOc1ccccc1C(=O)N[C@H]1C[C@H]2C(=O)N(CCOC)S(=O)(=O)CCN2C1. The molecule has 29 heavy (non-hydrogen) atoms. The highest BCUT2D eigenvalue weighted by atomic mass is 32.2. The lowest BCUT2D eigenvalue weighted by atomic mass is 10.1. The third-order valence-electron chi connectivity index (χ3n) is 5.17. The van der Waals surface area contributed by atoms with Crippen LogP contribution in [0.5, 0.6) is 5.75 Å². The maximum atomic E-state index is 12.9. The van der Waals surface area contributed by atoms with E-state index in [1.54, 1.807) is 24.3 Å². The molecule has 2 saturated heterocycles. The van der Waals surface area contributed by atoms with Crippen LogP contribution in [0.15, 0.2) is 24.3 Å². The summed E-state index contributed by atoms with van der Waals surface area (Å²) < 4.78 is 36.3. The third-order valence-corrected chi connectivity index (χ3v) is 6.90. The number of nitrogens with zero attached hydrogens (tertiary/aromatic N) is 2. The fourth-order valence-electron chi connectivity index (χ4n) is 3.78. The van der Waals surface area contributed by atoms with Crippen molar-refractivity contribution in [2.24, 2.45) is 0 Å². The van der Waals surface area contributed by atoms with Crippen LogP contribution in [-0.2, 0) is 19.6 Å². The molecule has 0 radical (unpaired) electrons. The summed E-state index contributed by atoms with van der Waals surface area (Å²) in [6.45, 7) is 3.12. The van der Waals surface area contributed by atoms with Crippen LogP contribution in [0.1, 0.15) is 23.7 Å². The summed E-state index contributed by atoms with van der Waals surface area (Å²) in [4.78, 5) is 27.5. The fraction of sp³-hybridized carbons (Fsp3) is 0.579. The van der Waals surface area contributed by atoms with E-state index in [1.165, 1.54) is 7.11 Å². The molecule has 2 aliphatic heterocycles. The van der Waals surface area contributed by atoms with E-state index in [0.29, 0.717) is 30.9 Å². The number of amides is 2. The van der Waals surface area contributed by atoms with Crippen molar-refractivity contribution in [1.29, 1.82) is 0 Å². The molecule has 1 N–H and O–H groups in total. The second-order valence-corrected chi connectivity index (χ2v) is 9.08. The van der Waals surface area contributed by atoms with E-state index in [9.17, 15) is 18.0 Å². The van der Waals surface area contributed by atoms with Crippen LogP contribution in [0.25, 0.3) is 0 Å². The summed E-state index contributed by atoms with van der Waals surface area (Å²) in [6.07, 6.45) is 0.361. The minimum absolute atomic E-state index is 0.000758. The Labute approximate surface area is 171 Å². The molecule has 1 aromatic rings. The Balaban J connectivity index is 1.71. The predicted octanol–water partition coefficient (Wildman–Crippen LogP) is 0.0764. The van der Waals surface area contributed by atoms with Gasteiger partial charge in [-0.15, -0.1) is 0 Å². The van der Waals surface area contributed by atoms with Crippen LogP contribution in [0.4, 0.5) is 0 Å². The van der Waals surface area contributed by atoms with Gasteiger partial charge in [0.1, 0.15) is 5.75 Å². The summed E-state index contributed by atoms with van der Waals surface area (Å²) in [5.74, 6) is -0.348. The normalized spacial score (nSPS) is 24.1. The molecule has 0 unspecified atom stereocenters. The number of carbonyl (C=O) groups excluding carboxylic acids is 2. The van der Waals surface area contributed by atoms with Crippen LogP contribution in [-0.4, -0.2) is 87.2 Å². The maximum Gasteiger partial charge on any atom is 0.255 e. The van der Waals surface area contributed by atoms with Gasteiger partial charge in [-0.1, -0.05) is 12.1 Å². The van der Waals surface area contributed by atoms with E-state index in [4.69, 9.17) is 9.47 Å². The number of rotatable bonds is 7. The number of sulfonamides is 1. The molecular formula is C19H27N3O6S. The molecule has 1 aromatic carbocycles. The highest BCUT2D eigenvalue weighted by Gasteiger charge is 2.45. The van der Waals surface area contributed by atoms with Gasteiger partial charge < -0.3 is 14.8 Å². The minimum Gasteiger partial charge on any atom is -0.493 e. The van der Waals surface area contributed by atoms with Crippen molar-refractivity contribution in [2.45, 2.75) is 25.4 Å². The molecule has 10 heteroatoms. The van der Waals surface area contributed by atoms with Crippen molar-refractivity contribution in [1.82, 2.24) is 14.5 Å². The quantitative estimate of drug-likeness (QED) is 0.659. The lowest BCUT2D eigenvalue weighted by Gasteiger charge is -2.23. The van der Waals surface area contributed by atoms with Gasteiger partial charge in [0.05, 0.1) is 37.1 Å². The number of fused-ring (bicyclic) bond motifs is 1. The summed E-state index contributed by atoms with van der Waals surface area (Å²) in [7, 11) is -2.20. The molecule has 160 valence electrons. The van der Waals surface area contributed by atoms with E-state index >= 15 is 0 Å². The van der Waals surface area contributed by atoms with Gasteiger partial charge in [0.2, 0.25) is 10.0 Å². The zero-order chi connectivity index (χ0) is 21.0. The molecule has 2 fully saturated rings. The smallest absolute Gasteiger partial charge is 0.255 e. The highest BCUT2D eigenvalue weighted by molar-refractivity contribution is 7.89. The second kappa shape index (κ2) is 9.10. The first-order chi connectivity index (χ1) is 13.9. The Bertz CT molecular complexity index is 859. The Kier molecular flexibility index (Phi) is 6.76. The highest BCUT2D eigenvalue weighted by Crippen LogP contribution is 2.25. The lowest BCUT2D eigenvalue weighted by Crippen LogP contribution is -2.45. The molecule has 2 atom stereocenters. The lowest BCUT2D eigenvalue weighted by molar-refractivity contribution is -0.131. The average Bonchev–Trinajstić information content (AvgIpc) is 3.06. The fourth-order valence-corrected chi connectivity index (χ4v) is 5.21. The number of hydrogen-bond acceptors (Lipinski definition) is 7. The number of para-hydroxylation sites is 1. The zero-order valence-corrected chi connectivity index (χ0v) is 17.5. The van der Waals surface area contributed by atoms with Gasteiger partial charge in [-0.25, -0.2) is 12.7 Å². The van der Waals surface area contributed by atoms with E-state index < -0.39 is 22.0 Å². The molecular weight excluding hydrogens is 398 g/mol. The number of benzene rings is 1. The van der Waals surface area contributed by atoms with Gasteiger partial charge in [-0.2, -0.15) is 0 Å². The number of methoxy groups -OCH3 is 1. The molecule has 0 spiro atoms. The van der Waals surface area contributed by atoms with Gasteiger partial charge in [-0.3, -0.25) is 14.5 Å². The van der Waals surface area contributed by atoms with Gasteiger partial charge in [-0.05, 0) is 25.5 Å².